The lowest BCUT2D eigenvalue weighted by molar-refractivity contribution is -0.122. The van der Waals surface area contributed by atoms with E-state index in [4.69, 9.17) is 0 Å². The van der Waals surface area contributed by atoms with Crippen LogP contribution in [-0.2, 0) is 4.79 Å². The van der Waals surface area contributed by atoms with E-state index in [0.29, 0.717) is 12.3 Å². The monoisotopic (exact) mass is 316 g/mol. The third kappa shape index (κ3) is 5.07. The largest absolute Gasteiger partial charge is 0.354 e. The Morgan fingerprint density at radius 2 is 1.78 bits per heavy atom. The van der Waals surface area contributed by atoms with E-state index >= 15 is 0 Å². The number of hydrogen-bond donors (Lipinski definition) is 1. The Bertz CT molecular complexity index is 490. The quantitative estimate of drug-likeness (QED) is 0.829. The van der Waals surface area contributed by atoms with Crippen LogP contribution in [-0.4, -0.2) is 36.0 Å². The lowest BCUT2D eigenvalue weighted by Gasteiger charge is -2.35. The summed E-state index contributed by atoms with van der Waals surface area (Å²) in [6, 6.07) is 10.4. The third-order valence-corrected chi connectivity index (χ3v) is 5.12. The molecule has 0 aromatic heterocycles. The van der Waals surface area contributed by atoms with Gasteiger partial charge >= 0.3 is 0 Å². The fourth-order valence-corrected chi connectivity index (χ4v) is 3.46. The molecule has 1 N–H and O–H groups in total. The molecule has 128 valence electrons. The number of nitrogens with zero attached hydrogens (tertiary/aromatic N) is 1. The van der Waals surface area contributed by atoms with Gasteiger partial charge in [-0.25, -0.2) is 0 Å². The molecule has 0 bridgehead atoms. The van der Waals surface area contributed by atoms with Gasteiger partial charge in [-0.3, -0.25) is 9.69 Å². The first-order valence-electron chi connectivity index (χ1n) is 8.97. The van der Waals surface area contributed by atoms with Gasteiger partial charge in [-0.15, -0.1) is 0 Å². The summed E-state index contributed by atoms with van der Waals surface area (Å²) in [5.74, 6) is 0.903. The molecule has 2 rings (SSSR count). The summed E-state index contributed by atoms with van der Waals surface area (Å²) >= 11 is 0. The van der Waals surface area contributed by atoms with Crippen LogP contribution >= 0.6 is 0 Å². The molecule has 1 amide bonds. The van der Waals surface area contributed by atoms with Crippen LogP contribution in [0.15, 0.2) is 30.3 Å². The van der Waals surface area contributed by atoms with Crippen molar-refractivity contribution in [1.82, 2.24) is 10.2 Å². The summed E-state index contributed by atoms with van der Waals surface area (Å²) in [7, 11) is 0. The number of likely N-dealkylation sites (tertiary alicyclic amines) is 1. The first kappa shape index (κ1) is 18.0. The Hall–Kier alpha value is -1.35. The van der Waals surface area contributed by atoms with Crippen LogP contribution in [0.1, 0.15) is 58.4 Å². The minimum absolute atomic E-state index is 0.0479. The normalized spacial score (nSPS) is 17.4. The molecule has 0 saturated carbocycles. The number of carbonyl (C=O) groups is 1. The van der Waals surface area contributed by atoms with Gasteiger partial charge < -0.3 is 5.32 Å². The Morgan fingerprint density at radius 3 is 2.35 bits per heavy atom. The Balaban J connectivity index is 1.89. The van der Waals surface area contributed by atoms with Crippen LogP contribution in [0.25, 0.3) is 0 Å². The van der Waals surface area contributed by atoms with E-state index < -0.39 is 0 Å². The molecule has 1 aromatic carbocycles. The predicted molar refractivity (Wildman–Crippen MR) is 96.5 cm³/mol. The van der Waals surface area contributed by atoms with Gasteiger partial charge in [0.1, 0.15) is 0 Å². The van der Waals surface area contributed by atoms with Gasteiger partial charge in [0.15, 0.2) is 0 Å². The molecule has 1 aliphatic rings. The maximum atomic E-state index is 12.5. The zero-order valence-electron chi connectivity index (χ0n) is 15.1. The van der Waals surface area contributed by atoms with E-state index in [2.05, 4.69) is 62.2 Å². The second-order valence-electron chi connectivity index (χ2n) is 7.75. The van der Waals surface area contributed by atoms with Crippen molar-refractivity contribution in [2.75, 3.05) is 19.6 Å². The van der Waals surface area contributed by atoms with Crippen molar-refractivity contribution < 1.29 is 4.79 Å². The molecule has 23 heavy (non-hydrogen) atoms. The van der Waals surface area contributed by atoms with Crippen LogP contribution in [0.2, 0.25) is 0 Å². The summed E-state index contributed by atoms with van der Waals surface area (Å²) in [4.78, 5) is 15.0. The average Bonchev–Trinajstić information content (AvgIpc) is 3.06. The second-order valence-corrected chi connectivity index (χ2v) is 7.75. The molecule has 0 radical (unpaired) electrons. The van der Waals surface area contributed by atoms with Crippen LogP contribution in [0.3, 0.4) is 0 Å². The zero-order chi connectivity index (χ0) is 16.9. The fourth-order valence-electron chi connectivity index (χ4n) is 3.46. The SMILES string of the molecule is CC(C)C(CC(=O)NCC(C)(C)N1CCCC1)c1ccccc1. The molecular formula is C20H32N2O. The van der Waals surface area contributed by atoms with E-state index in [-0.39, 0.29) is 17.4 Å². The van der Waals surface area contributed by atoms with Crippen LogP contribution in [0.4, 0.5) is 0 Å². The van der Waals surface area contributed by atoms with E-state index in [0.717, 1.165) is 19.6 Å². The van der Waals surface area contributed by atoms with Crippen molar-refractivity contribution in [2.45, 2.75) is 58.4 Å². The molecule has 1 atom stereocenters. The van der Waals surface area contributed by atoms with Gasteiger partial charge in [0.2, 0.25) is 5.91 Å². The van der Waals surface area contributed by atoms with Crippen molar-refractivity contribution in [2.24, 2.45) is 5.92 Å². The molecule has 1 fully saturated rings. The number of amides is 1. The van der Waals surface area contributed by atoms with Crippen molar-refractivity contribution in [3.8, 4) is 0 Å². The molecule has 3 nitrogen and oxygen atoms in total. The minimum Gasteiger partial charge on any atom is -0.354 e. The molecule has 1 aromatic rings. The van der Waals surface area contributed by atoms with Crippen LogP contribution in [0.5, 0.6) is 0 Å². The van der Waals surface area contributed by atoms with E-state index in [1.54, 1.807) is 0 Å². The fraction of sp³-hybridized carbons (Fsp3) is 0.650. The Morgan fingerprint density at radius 1 is 1.17 bits per heavy atom. The molecule has 1 saturated heterocycles. The highest BCUT2D eigenvalue weighted by atomic mass is 16.1. The van der Waals surface area contributed by atoms with Gasteiger partial charge in [0.05, 0.1) is 0 Å². The Labute approximate surface area is 141 Å². The highest BCUT2D eigenvalue weighted by molar-refractivity contribution is 5.77. The van der Waals surface area contributed by atoms with Gasteiger partial charge in [-0.2, -0.15) is 0 Å². The first-order chi connectivity index (χ1) is 10.9. The van der Waals surface area contributed by atoms with Gasteiger partial charge in [0, 0.05) is 18.5 Å². The van der Waals surface area contributed by atoms with Crippen molar-refractivity contribution in [1.29, 1.82) is 0 Å². The van der Waals surface area contributed by atoms with Crippen LogP contribution in [0, 0.1) is 5.92 Å². The van der Waals surface area contributed by atoms with E-state index in [1.165, 1.54) is 18.4 Å². The van der Waals surface area contributed by atoms with Crippen molar-refractivity contribution in [3.63, 3.8) is 0 Å². The van der Waals surface area contributed by atoms with Crippen molar-refractivity contribution in [3.05, 3.63) is 35.9 Å². The molecule has 1 aliphatic heterocycles. The maximum absolute atomic E-state index is 12.5. The molecule has 1 heterocycles. The molecule has 0 aliphatic carbocycles. The van der Waals surface area contributed by atoms with Crippen LogP contribution < -0.4 is 5.32 Å². The van der Waals surface area contributed by atoms with E-state index in [9.17, 15) is 4.79 Å². The molecule has 0 spiro atoms. The molecular weight excluding hydrogens is 284 g/mol. The minimum atomic E-state index is 0.0479. The summed E-state index contributed by atoms with van der Waals surface area (Å²) < 4.78 is 0. The van der Waals surface area contributed by atoms with E-state index in [1.807, 2.05) is 6.07 Å². The second kappa shape index (κ2) is 7.96. The topological polar surface area (TPSA) is 32.3 Å². The lowest BCUT2D eigenvalue weighted by Crippen LogP contribution is -2.50. The summed E-state index contributed by atoms with van der Waals surface area (Å²) in [6.45, 7) is 11.9. The van der Waals surface area contributed by atoms with Crippen molar-refractivity contribution >= 4 is 5.91 Å². The number of carbonyl (C=O) groups excluding carboxylic acids is 1. The lowest BCUT2D eigenvalue weighted by atomic mass is 9.85. The maximum Gasteiger partial charge on any atom is 0.220 e. The Kier molecular flexibility index (Phi) is 6.23. The van der Waals surface area contributed by atoms with Gasteiger partial charge in [-0.05, 0) is 57.2 Å². The summed E-state index contributed by atoms with van der Waals surface area (Å²) in [5.41, 5.74) is 1.31. The average molecular weight is 316 g/mol. The summed E-state index contributed by atoms with van der Waals surface area (Å²) in [6.07, 6.45) is 3.12. The number of nitrogens with one attached hydrogen (secondary N) is 1. The van der Waals surface area contributed by atoms with Gasteiger partial charge in [0.25, 0.3) is 0 Å². The predicted octanol–water partition coefficient (Wildman–Crippen LogP) is 3.81. The zero-order valence-corrected chi connectivity index (χ0v) is 15.1. The highest BCUT2D eigenvalue weighted by Crippen LogP contribution is 2.28. The molecule has 1 unspecified atom stereocenters. The number of rotatable bonds is 7. The highest BCUT2D eigenvalue weighted by Gasteiger charge is 2.29. The number of benzene rings is 1. The first-order valence-corrected chi connectivity index (χ1v) is 8.97. The standard InChI is InChI=1S/C20H32N2O/c1-16(2)18(17-10-6-5-7-11-17)14-19(23)21-15-20(3,4)22-12-8-9-13-22/h5-7,10-11,16,18H,8-9,12-15H2,1-4H3,(H,21,23). The smallest absolute Gasteiger partial charge is 0.220 e. The summed E-state index contributed by atoms with van der Waals surface area (Å²) in [5, 5.41) is 3.17. The van der Waals surface area contributed by atoms with Gasteiger partial charge in [-0.1, -0.05) is 44.2 Å². The number of hydrogen-bond acceptors (Lipinski definition) is 2. The third-order valence-electron chi connectivity index (χ3n) is 5.12. The molecule has 3 heteroatoms.